The highest BCUT2D eigenvalue weighted by molar-refractivity contribution is 5.87. The van der Waals surface area contributed by atoms with Crippen LogP contribution in [0.3, 0.4) is 0 Å². The number of benzene rings is 1. The number of nitrogens with zero attached hydrogens (tertiary/aromatic N) is 1. The van der Waals surface area contributed by atoms with Gasteiger partial charge in [0.05, 0.1) is 5.56 Å². The first-order chi connectivity index (χ1) is 10.6. The van der Waals surface area contributed by atoms with Gasteiger partial charge in [-0.05, 0) is 42.4 Å². The second-order valence-corrected chi connectivity index (χ2v) is 6.44. The molecule has 2 aliphatic rings. The zero-order chi connectivity index (χ0) is 15.5. The van der Waals surface area contributed by atoms with E-state index in [-0.39, 0.29) is 11.6 Å². The van der Waals surface area contributed by atoms with Gasteiger partial charge in [0, 0.05) is 19.6 Å². The number of nitrogens with one attached hydrogen (secondary N) is 1. The molecular formula is C17H22N2O3. The van der Waals surface area contributed by atoms with Gasteiger partial charge in [0.15, 0.2) is 0 Å². The molecule has 1 saturated carbocycles. The summed E-state index contributed by atoms with van der Waals surface area (Å²) in [6.45, 7) is 2.16. The molecule has 2 fully saturated rings. The van der Waals surface area contributed by atoms with Gasteiger partial charge in [-0.3, -0.25) is 0 Å². The topological polar surface area (TPSA) is 69.6 Å². The van der Waals surface area contributed by atoms with Gasteiger partial charge in [-0.25, -0.2) is 9.59 Å². The van der Waals surface area contributed by atoms with Crippen molar-refractivity contribution in [2.24, 2.45) is 11.8 Å². The Hall–Kier alpha value is -2.04. The van der Waals surface area contributed by atoms with Gasteiger partial charge in [0.2, 0.25) is 0 Å². The van der Waals surface area contributed by atoms with E-state index in [9.17, 15) is 9.59 Å². The van der Waals surface area contributed by atoms with Crippen LogP contribution in [0.5, 0.6) is 0 Å². The van der Waals surface area contributed by atoms with E-state index in [0.717, 1.165) is 31.0 Å². The molecule has 1 saturated heterocycles. The summed E-state index contributed by atoms with van der Waals surface area (Å²) in [6.07, 6.45) is 5.14. The molecule has 1 atom stereocenters. The molecular weight excluding hydrogens is 280 g/mol. The van der Waals surface area contributed by atoms with Crippen LogP contribution in [-0.2, 0) is 6.54 Å². The fourth-order valence-electron chi connectivity index (χ4n) is 3.09. The number of aromatic carboxylic acids is 1. The molecule has 1 heterocycles. The van der Waals surface area contributed by atoms with Gasteiger partial charge in [-0.1, -0.05) is 25.0 Å². The van der Waals surface area contributed by atoms with Crippen molar-refractivity contribution in [3.8, 4) is 0 Å². The molecule has 118 valence electrons. The van der Waals surface area contributed by atoms with Crippen LogP contribution in [0.15, 0.2) is 24.3 Å². The molecule has 1 unspecified atom stereocenters. The van der Waals surface area contributed by atoms with Crippen LogP contribution in [0, 0.1) is 11.8 Å². The number of carbonyl (C=O) groups excluding carboxylic acids is 1. The molecule has 0 aromatic heterocycles. The Balaban J connectivity index is 1.44. The minimum absolute atomic E-state index is 0.0133. The van der Waals surface area contributed by atoms with Gasteiger partial charge in [-0.2, -0.15) is 0 Å². The van der Waals surface area contributed by atoms with Crippen LogP contribution in [-0.4, -0.2) is 35.1 Å². The molecule has 1 aliphatic carbocycles. The van der Waals surface area contributed by atoms with Crippen molar-refractivity contribution in [1.29, 1.82) is 0 Å². The first-order valence-corrected chi connectivity index (χ1v) is 7.97. The molecule has 22 heavy (non-hydrogen) atoms. The highest BCUT2D eigenvalue weighted by Crippen LogP contribution is 2.37. The van der Waals surface area contributed by atoms with Crippen LogP contribution >= 0.6 is 0 Å². The standard InChI is InChI=1S/C17H22N2O3/c20-16(21)15-5-3-13(4-6-15)10-18-17(22)19-8-7-14(11-19)9-12-1-2-12/h3-6,12,14H,1-2,7-11H2,(H,18,22)(H,20,21). The molecule has 1 aromatic carbocycles. The first kappa shape index (κ1) is 14.9. The van der Waals surface area contributed by atoms with Gasteiger partial charge < -0.3 is 15.3 Å². The van der Waals surface area contributed by atoms with E-state index in [1.54, 1.807) is 24.3 Å². The van der Waals surface area contributed by atoms with Crippen molar-refractivity contribution in [2.75, 3.05) is 13.1 Å². The lowest BCUT2D eigenvalue weighted by Crippen LogP contribution is -2.38. The molecule has 0 spiro atoms. The highest BCUT2D eigenvalue weighted by Gasteiger charge is 2.31. The van der Waals surface area contributed by atoms with Gasteiger partial charge in [-0.15, -0.1) is 0 Å². The minimum Gasteiger partial charge on any atom is -0.478 e. The number of carbonyl (C=O) groups is 2. The number of hydrogen-bond donors (Lipinski definition) is 2. The zero-order valence-electron chi connectivity index (χ0n) is 12.6. The van der Waals surface area contributed by atoms with E-state index in [0.29, 0.717) is 12.5 Å². The number of rotatable bonds is 5. The largest absolute Gasteiger partial charge is 0.478 e. The SMILES string of the molecule is O=C(O)c1ccc(CNC(=O)N2CCC(CC3CC3)C2)cc1. The summed E-state index contributed by atoms with van der Waals surface area (Å²) in [6, 6.07) is 6.59. The number of hydrogen-bond acceptors (Lipinski definition) is 2. The Morgan fingerprint density at radius 1 is 1.14 bits per heavy atom. The van der Waals surface area contributed by atoms with Gasteiger partial charge in [0.25, 0.3) is 0 Å². The van der Waals surface area contributed by atoms with Crippen molar-refractivity contribution in [1.82, 2.24) is 10.2 Å². The lowest BCUT2D eigenvalue weighted by Gasteiger charge is -2.17. The summed E-state index contributed by atoms with van der Waals surface area (Å²) in [5, 5.41) is 11.8. The summed E-state index contributed by atoms with van der Waals surface area (Å²) in [7, 11) is 0. The number of urea groups is 1. The quantitative estimate of drug-likeness (QED) is 0.878. The Morgan fingerprint density at radius 2 is 1.86 bits per heavy atom. The molecule has 0 radical (unpaired) electrons. The lowest BCUT2D eigenvalue weighted by atomic mass is 10.0. The fraction of sp³-hybridized carbons (Fsp3) is 0.529. The van der Waals surface area contributed by atoms with E-state index < -0.39 is 5.97 Å². The molecule has 0 bridgehead atoms. The van der Waals surface area contributed by atoms with Crippen molar-refractivity contribution >= 4 is 12.0 Å². The van der Waals surface area contributed by atoms with Crippen molar-refractivity contribution in [3.63, 3.8) is 0 Å². The summed E-state index contributed by atoms with van der Waals surface area (Å²) in [5.41, 5.74) is 1.17. The number of amides is 2. The Morgan fingerprint density at radius 3 is 2.50 bits per heavy atom. The van der Waals surface area contributed by atoms with Crippen LogP contribution in [0.4, 0.5) is 4.79 Å². The number of likely N-dealkylation sites (tertiary alicyclic amines) is 1. The number of carboxylic acids is 1. The third kappa shape index (κ3) is 3.78. The monoisotopic (exact) mass is 302 g/mol. The summed E-state index contributed by atoms with van der Waals surface area (Å²) < 4.78 is 0. The maximum atomic E-state index is 12.2. The van der Waals surface area contributed by atoms with Crippen LogP contribution in [0.25, 0.3) is 0 Å². The van der Waals surface area contributed by atoms with Gasteiger partial charge >= 0.3 is 12.0 Å². The van der Waals surface area contributed by atoms with E-state index in [4.69, 9.17) is 5.11 Å². The van der Waals surface area contributed by atoms with Crippen molar-refractivity contribution in [3.05, 3.63) is 35.4 Å². The fourth-order valence-corrected chi connectivity index (χ4v) is 3.09. The highest BCUT2D eigenvalue weighted by atomic mass is 16.4. The predicted molar refractivity (Wildman–Crippen MR) is 82.7 cm³/mol. The van der Waals surface area contributed by atoms with Gasteiger partial charge in [0.1, 0.15) is 0 Å². The van der Waals surface area contributed by atoms with E-state index in [1.165, 1.54) is 19.3 Å². The molecule has 5 heteroatoms. The first-order valence-electron chi connectivity index (χ1n) is 7.97. The second-order valence-electron chi connectivity index (χ2n) is 6.44. The Labute approximate surface area is 130 Å². The summed E-state index contributed by atoms with van der Waals surface area (Å²) >= 11 is 0. The van der Waals surface area contributed by atoms with E-state index in [1.807, 2.05) is 4.90 Å². The summed E-state index contributed by atoms with van der Waals surface area (Å²) in [5.74, 6) is 0.656. The van der Waals surface area contributed by atoms with E-state index >= 15 is 0 Å². The molecule has 5 nitrogen and oxygen atoms in total. The van der Waals surface area contributed by atoms with Crippen molar-refractivity contribution < 1.29 is 14.7 Å². The van der Waals surface area contributed by atoms with Crippen molar-refractivity contribution in [2.45, 2.75) is 32.2 Å². The second kappa shape index (κ2) is 6.38. The average Bonchev–Trinajstić information content (AvgIpc) is 3.20. The Kier molecular flexibility index (Phi) is 4.32. The molecule has 3 rings (SSSR count). The molecule has 2 N–H and O–H groups in total. The average molecular weight is 302 g/mol. The minimum atomic E-state index is -0.936. The smallest absolute Gasteiger partial charge is 0.335 e. The predicted octanol–water partition coefficient (Wildman–Crippen LogP) is 2.72. The maximum Gasteiger partial charge on any atom is 0.335 e. The lowest BCUT2D eigenvalue weighted by molar-refractivity contribution is 0.0697. The number of carboxylic acid groups (broad SMARTS) is 1. The molecule has 1 aromatic rings. The third-order valence-corrected chi connectivity index (χ3v) is 4.58. The van der Waals surface area contributed by atoms with Crippen LogP contribution in [0.2, 0.25) is 0 Å². The van der Waals surface area contributed by atoms with Crippen LogP contribution in [0.1, 0.15) is 41.6 Å². The molecule has 1 aliphatic heterocycles. The maximum absolute atomic E-state index is 12.2. The normalized spacial score (nSPS) is 20.9. The molecule has 2 amide bonds. The third-order valence-electron chi connectivity index (χ3n) is 4.58. The van der Waals surface area contributed by atoms with Crippen LogP contribution < -0.4 is 5.32 Å². The van der Waals surface area contributed by atoms with E-state index in [2.05, 4.69) is 5.32 Å². The summed E-state index contributed by atoms with van der Waals surface area (Å²) in [4.78, 5) is 24.9. The zero-order valence-corrected chi connectivity index (χ0v) is 12.6. The Bertz CT molecular complexity index is 552.